The highest BCUT2D eigenvalue weighted by molar-refractivity contribution is 5.32. The Bertz CT molecular complexity index is 384. The maximum absolute atomic E-state index is 10.6. The van der Waals surface area contributed by atoms with Gasteiger partial charge in [-0.15, -0.1) is 0 Å². The minimum Gasteiger partial charge on any atom is -0.303 e. The van der Waals surface area contributed by atoms with Crippen LogP contribution in [0.5, 0.6) is 0 Å². The summed E-state index contributed by atoms with van der Waals surface area (Å²) in [6, 6.07) is 6.92. The summed E-state index contributed by atoms with van der Waals surface area (Å²) in [5.74, 6) is 0. The molecule has 0 aliphatic heterocycles. The molecule has 1 aromatic rings. The first-order valence-corrected chi connectivity index (χ1v) is 7.63. The number of nitro groups is 1. The van der Waals surface area contributed by atoms with Crippen LogP contribution in [0.4, 0.5) is 5.69 Å². The van der Waals surface area contributed by atoms with Crippen molar-refractivity contribution in [1.29, 1.82) is 0 Å². The lowest BCUT2D eigenvalue weighted by Crippen LogP contribution is -2.26. The molecule has 0 aliphatic rings. The van der Waals surface area contributed by atoms with E-state index < -0.39 is 0 Å². The molecule has 0 radical (unpaired) electrons. The third kappa shape index (κ3) is 6.15. The Balaban J connectivity index is 2.27. The summed E-state index contributed by atoms with van der Waals surface area (Å²) in [6.07, 6.45) is 5.76. The molecule has 0 aromatic heterocycles. The van der Waals surface area contributed by atoms with Gasteiger partial charge in [0.1, 0.15) is 0 Å². The molecule has 0 aliphatic carbocycles. The average Bonchev–Trinajstić information content (AvgIpc) is 2.44. The fraction of sp³-hybridized carbons (Fsp3) is 0.625. The average molecular weight is 278 g/mol. The van der Waals surface area contributed by atoms with Crippen molar-refractivity contribution in [1.82, 2.24) is 4.90 Å². The summed E-state index contributed by atoms with van der Waals surface area (Å²) in [5.41, 5.74) is 1.36. The molecule has 0 heterocycles. The number of non-ortho nitro benzene ring substituents is 1. The van der Waals surface area contributed by atoms with Crippen molar-refractivity contribution >= 4 is 5.69 Å². The molecular weight excluding hydrogens is 252 g/mol. The van der Waals surface area contributed by atoms with Gasteiger partial charge in [-0.1, -0.05) is 26.0 Å². The van der Waals surface area contributed by atoms with Gasteiger partial charge in [0.25, 0.3) is 5.69 Å². The molecule has 0 amide bonds. The van der Waals surface area contributed by atoms with Gasteiger partial charge in [0.15, 0.2) is 0 Å². The minimum absolute atomic E-state index is 0.172. The number of hydrogen-bond acceptors (Lipinski definition) is 3. The third-order valence-corrected chi connectivity index (χ3v) is 3.42. The lowest BCUT2D eigenvalue weighted by molar-refractivity contribution is -0.384. The molecule has 112 valence electrons. The topological polar surface area (TPSA) is 46.4 Å². The van der Waals surface area contributed by atoms with E-state index in [1.54, 1.807) is 12.1 Å². The molecule has 0 saturated heterocycles. The number of hydrogen-bond donors (Lipinski definition) is 0. The minimum atomic E-state index is -0.350. The Labute approximate surface area is 121 Å². The molecule has 4 nitrogen and oxygen atoms in total. The van der Waals surface area contributed by atoms with E-state index in [-0.39, 0.29) is 10.6 Å². The van der Waals surface area contributed by atoms with Gasteiger partial charge in [0, 0.05) is 12.1 Å². The SMILES string of the molecule is CCCN(CCC)CCCCc1ccc([N+](=O)[O-])cc1. The maximum atomic E-state index is 10.6. The second-order valence-corrected chi connectivity index (χ2v) is 5.22. The van der Waals surface area contributed by atoms with E-state index in [1.807, 2.05) is 12.1 Å². The number of benzene rings is 1. The van der Waals surface area contributed by atoms with Crippen LogP contribution in [-0.4, -0.2) is 29.5 Å². The Kier molecular flexibility index (Phi) is 7.88. The van der Waals surface area contributed by atoms with Crippen LogP contribution in [0.2, 0.25) is 0 Å². The van der Waals surface area contributed by atoms with Gasteiger partial charge in [0.2, 0.25) is 0 Å². The van der Waals surface area contributed by atoms with E-state index in [0.29, 0.717) is 0 Å². The molecule has 0 bridgehead atoms. The maximum Gasteiger partial charge on any atom is 0.269 e. The van der Waals surface area contributed by atoms with Crippen LogP contribution in [0.25, 0.3) is 0 Å². The van der Waals surface area contributed by atoms with Crippen LogP contribution in [0.15, 0.2) is 24.3 Å². The summed E-state index contributed by atoms with van der Waals surface area (Å²) in [5, 5.41) is 10.6. The Hall–Kier alpha value is -1.42. The molecule has 4 heteroatoms. The first-order valence-electron chi connectivity index (χ1n) is 7.63. The zero-order valence-corrected chi connectivity index (χ0v) is 12.7. The molecule has 0 saturated carbocycles. The number of nitro benzene ring substituents is 1. The van der Waals surface area contributed by atoms with Crippen molar-refractivity contribution < 1.29 is 4.92 Å². The molecule has 0 N–H and O–H groups in total. The molecule has 0 unspecified atom stereocenters. The molecule has 1 aromatic carbocycles. The molecule has 0 spiro atoms. The second-order valence-electron chi connectivity index (χ2n) is 5.22. The van der Waals surface area contributed by atoms with Gasteiger partial charge in [-0.3, -0.25) is 10.1 Å². The van der Waals surface area contributed by atoms with E-state index >= 15 is 0 Å². The fourth-order valence-electron chi connectivity index (χ4n) is 2.42. The number of aryl methyl sites for hydroxylation is 1. The molecule has 0 fully saturated rings. The van der Waals surface area contributed by atoms with E-state index in [4.69, 9.17) is 0 Å². The summed E-state index contributed by atoms with van der Waals surface area (Å²) in [6.45, 7) is 7.98. The predicted octanol–water partition coefficient (Wildman–Crippen LogP) is 4.04. The largest absolute Gasteiger partial charge is 0.303 e. The normalized spacial score (nSPS) is 10.9. The lowest BCUT2D eigenvalue weighted by Gasteiger charge is -2.20. The summed E-state index contributed by atoms with van der Waals surface area (Å²) in [7, 11) is 0. The van der Waals surface area contributed by atoms with Gasteiger partial charge in [-0.05, 0) is 57.3 Å². The Morgan fingerprint density at radius 2 is 1.60 bits per heavy atom. The lowest BCUT2D eigenvalue weighted by atomic mass is 10.1. The van der Waals surface area contributed by atoms with Crippen molar-refractivity contribution in [2.45, 2.75) is 46.0 Å². The fourth-order valence-corrected chi connectivity index (χ4v) is 2.42. The Morgan fingerprint density at radius 3 is 2.10 bits per heavy atom. The van der Waals surface area contributed by atoms with Crippen molar-refractivity contribution in [3.63, 3.8) is 0 Å². The molecular formula is C16H26N2O2. The number of rotatable bonds is 10. The van der Waals surface area contributed by atoms with E-state index in [0.717, 1.165) is 19.4 Å². The standard InChI is InChI=1S/C16H26N2O2/c1-3-12-17(13-4-2)14-6-5-7-15-8-10-16(11-9-15)18(19)20/h8-11H,3-7,12-14H2,1-2H3. The van der Waals surface area contributed by atoms with Crippen molar-refractivity contribution in [2.75, 3.05) is 19.6 Å². The second kappa shape index (κ2) is 9.48. The molecule has 20 heavy (non-hydrogen) atoms. The van der Waals surface area contributed by atoms with Gasteiger partial charge in [-0.25, -0.2) is 0 Å². The Morgan fingerprint density at radius 1 is 1.00 bits per heavy atom. The summed E-state index contributed by atoms with van der Waals surface area (Å²) < 4.78 is 0. The van der Waals surface area contributed by atoms with Crippen LogP contribution < -0.4 is 0 Å². The first-order chi connectivity index (χ1) is 9.67. The van der Waals surface area contributed by atoms with E-state index in [2.05, 4.69) is 18.7 Å². The number of nitrogens with zero attached hydrogens (tertiary/aromatic N) is 2. The van der Waals surface area contributed by atoms with Crippen molar-refractivity contribution in [3.05, 3.63) is 39.9 Å². The van der Waals surface area contributed by atoms with Crippen LogP contribution in [0, 0.1) is 10.1 Å². The van der Waals surface area contributed by atoms with E-state index in [9.17, 15) is 10.1 Å². The number of unbranched alkanes of at least 4 members (excludes halogenated alkanes) is 1. The van der Waals surface area contributed by atoms with Gasteiger partial charge >= 0.3 is 0 Å². The van der Waals surface area contributed by atoms with Crippen molar-refractivity contribution in [2.24, 2.45) is 0 Å². The van der Waals surface area contributed by atoms with Crippen LogP contribution >= 0.6 is 0 Å². The first kappa shape index (κ1) is 16.6. The van der Waals surface area contributed by atoms with Crippen LogP contribution in [0.3, 0.4) is 0 Å². The van der Waals surface area contributed by atoms with E-state index in [1.165, 1.54) is 37.9 Å². The highest BCUT2D eigenvalue weighted by Crippen LogP contribution is 2.13. The summed E-state index contributed by atoms with van der Waals surface area (Å²) in [4.78, 5) is 12.7. The zero-order valence-electron chi connectivity index (χ0n) is 12.7. The highest BCUT2D eigenvalue weighted by atomic mass is 16.6. The monoisotopic (exact) mass is 278 g/mol. The summed E-state index contributed by atoms with van der Waals surface area (Å²) >= 11 is 0. The van der Waals surface area contributed by atoms with Gasteiger partial charge in [0.05, 0.1) is 4.92 Å². The molecule has 1 rings (SSSR count). The van der Waals surface area contributed by atoms with Crippen molar-refractivity contribution in [3.8, 4) is 0 Å². The zero-order chi connectivity index (χ0) is 14.8. The predicted molar refractivity (Wildman–Crippen MR) is 83.1 cm³/mol. The smallest absolute Gasteiger partial charge is 0.269 e. The quantitative estimate of drug-likeness (QED) is 0.368. The third-order valence-electron chi connectivity index (χ3n) is 3.42. The van der Waals surface area contributed by atoms with Gasteiger partial charge in [-0.2, -0.15) is 0 Å². The van der Waals surface area contributed by atoms with Crippen LogP contribution in [0.1, 0.15) is 45.1 Å². The van der Waals surface area contributed by atoms with Crippen LogP contribution in [-0.2, 0) is 6.42 Å². The highest BCUT2D eigenvalue weighted by Gasteiger charge is 2.05. The molecule has 0 atom stereocenters. The van der Waals surface area contributed by atoms with Gasteiger partial charge < -0.3 is 4.90 Å².